The highest BCUT2D eigenvalue weighted by molar-refractivity contribution is 5.87. The molecule has 110 valence electrons. The summed E-state index contributed by atoms with van der Waals surface area (Å²) in [7, 11) is 0. The van der Waals surface area contributed by atoms with E-state index in [2.05, 4.69) is 4.98 Å². The molecule has 22 heavy (non-hydrogen) atoms. The lowest BCUT2D eigenvalue weighted by Crippen LogP contribution is -2.01. The number of hydrogen-bond acceptors (Lipinski definition) is 5. The Kier molecular flexibility index (Phi) is 5.70. The molecule has 0 aliphatic carbocycles. The molecule has 1 aromatic carbocycles. The van der Waals surface area contributed by atoms with Crippen molar-refractivity contribution in [3.8, 4) is 11.8 Å². The smallest absolute Gasteiger partial charge is 0.331 e. The van der Waals surface area contributed by atoms with Crippen molar-refractivity contribution < 1.29 is 14.3 Å². The molecule has 0 radical (unpaired) electrons. The summed E-state index contributed by atoms with van der Waals surface area (Å²) in [6, 6.07) is 14.4. The van der Waals surface area contributed by atoms with Gasteiger partial charge in [-0.2, -0.15) is 5.26 Å². The molecule has 0 amide bonds. The van der Waals surface area contributed by atoms with E-state index in [0.717, 1.165) is 5.56 Å². The Bertz CT molecular complexity index is 673. The molecule has 1 heterocycles. The van der Waals surface area contributed by atoms with Crippen LogP contribution in [0.25, 0.3) is 6.08 Å². The lowest BCUT2D eigenvalue weighted by Gasteiger charge is -2.02. The summed E-state index contributed by atoms with van der Waals surface area (Å²) in [5, 5.41) is 8.42. The molecule has 5 nitrogen and oxygen atoms in total. The number of esters is 1. The first-order valence-electron chi connectivity index (χ1n) is 6.62. The van der Waals surface area contributed by atoms with Gasteiger partial charge in [0.25, 0.3) is 0 Å². The molecule has 0 aliphatic heterocycles. The lowest BCUT2D eigenvalue weighted by atomic mass is 10.2. The van der Waals surface area contributed by atoms with Crippen molar-refractivity contribution in [1.29, 1.82) is 5.26 Å². The van der Waals surface area contributed by atoms with Gasteiger partial charge in [-0.15, -0.1) is 0 Å². The Hall–Kier alpha value is -3.13. The third-order valence-corrected chi connectivity index (χ3v) is 2.68. The number of nitrogens with zero attached hydrogens (tertiary/aromatic N) is 2. The molecule has 0 N–H and O–H groups in total. The summed E-state index contributed by atoms with van der Waals surface area (Å²) >= 11 is 0. The molecule has 0 bridgehead atoms. The normalized spacial score (nSPS) is 10.1. The minimum Gasteiger partial charge on any atom is -0.479 e. The van der Waals surface area contributed by atoms with E-state index in [1.165, 1.54) is 6.08 Å². The number of carbonyl (C=O) groups excluding carboxylic acids is 1. The van der Waals surface area contributed by atoms with Crippen LogP contribution in [0.5, 0.6) is 5.75 Å². The van der Waals surface area contributed by atoms with Gasteiger partial charge in [0, 0.05) is 12.3 Å². The van der Waals surface area contributed by atoms with Crippen molar-refractivity contribution in [3.63, 3.8) is 0 Å². The second kappa shape index (κ2) is 8.22. The summed E-state index contributed by atoms with van der Waals surface area (Å²) in [5.41, 5.74) is 1.53. The van der Waals surface area contributed by atoms with Gasteiger partial charge in [0.1, 0.15) is 18.4 Å². The Morgan fingerprint density at radius 2 is 2.05 bits per heavy atom. The molecule has 0 spiro atoms. The molecular formula is C17H14N2O3. The highest BCUT2D eigenvalue weighted by Gasteiger charge is 1.99. The van der Waals surface area contributed by atoms with Crippen molar-refractivity contribution in [1.82, 2.24) is 4.98 Å². The van der Waals surface area contributed by atoms with E-state index in [9.17, 15) is 4.79 Å². The fourth-order valence-corrected chi connectivity index (χ4v) is 1.63. The molecule has 1 aromatic heterocycles. The molecule has 0 unspecified atom stereocenters. The largest absolute Gasteiger partial charge is 0.479 e. The van der Waals surface area contributed by atoms with Crippen LogP contribution in [0.3, 0.4) is 0 Å². The van der Waals surface area contributed by atoms with Gasteiger partial charge in [-0.3, -0.25) is 4.98 Å². The number of benzene rings is 1. The van der Waals surface area contributed by atoms with E-state index in [-0.39, 0.29) is 13.2 Å². The van der Waals surface area contributed by atoms with E-state index in [4.69, 9.17) is 14.7 Å². The zero-order valence-electron chi connectivity index (χ0n) is 11.8. The van der Waals surface area contributed by atoms with Crippen LogP contribution in [0, 0.1) is 11.3 Å². The Morgan fingerprint density at radius 1 is 1.23 bits per heavy atom. The van der Waals surface area contributed by atoms with Gasteiger partial charge in [-0.05, 0) is 35.9 Å². The van der Waals surface area contributed by atoms with Gasteiger partial charge in [0.15, 0.2) is 6.61 Å². The second-order valence-corrected chi connectivity index (χ2v) is 4.28. The highest BCUT2D eigenvalue weighted by atomic mass is 16.5. The number of aromatic nitrogens is 1. The minimum atomic E-state index is -0.435. The van der Waals surface area contributed by atoms with Gasteiger partial charge in [0.05, 0.1) is 5.69 Å². The second-order valence-electron chi connectivity index (χ2n) is 4.28. The average molecular weight is 294 g/mol. The maximum Gasteiger partial charge on any atom is 0.331 e. The fourth-order valence-electron chi connectivity index (χ4n) is 1.63. The summed E-state index contributed by atoms with van der Waals surface area (Å²) in [6.07, 6.45) is 4.65. The van der Waals surface area contributed by atoms with Crippen LogP contribution in [0.2, 0.25) is 0 Å². The fraction of sp³-hybridized carbons (Fsp3) is 0.118. The maximum atomic E-state index is 11.6. The van der Waals surface area contributed by atoms with Gasteiger partial charge in [-0.1, -0.05) is 18.2 Å². The number of carbonyl (C=O) groups is 1. The summed E-state index contributed by atoms with van der Waals surface area (Å²) in [5.74, 6) is 0.173. The number of nitriles is 1. The molecule has 0 fully saturated rings. The van der Waals surface area contributed by atoms with E-state index in [0.29, 0.717) is 11.4 Å². The predicted octanol–water partition coefficient (Wildman–Crippen LogP) is 2.74. The van der Waals surface area contributed by atoms with Crippen LogP contribution in [0.4, 0.5) is 0 Å². The summed E-state index contributed by atoms with van der Waals surface area (Å²) < 4.78 is 10.2. The van der Waals surface area contributed by atoms with Crippen LogP contribution < -0.4 is 4.74 Å². The third-order valence-electron chi connectivity index (χ3n) is 2.68. The zero-order chi connectivity index (χ0) is 15.6. The first kappa shape index (κ1) is 15.3. The van der Waals surface area contributed by atoms with Gasteiger partial charge in [-0.25, -0.2) is 4.79 Å². The van der Waals surface area contributed by atoms with Crippen molar-refractivity contribution >= 4 is 12.0 Å². The molecule has 5 heteroatoms. The number of rotatable bonds is 6. The summed E-state index contributed by atoms with van der Waals surface area (Å²) in [4.78, 5) is 15.7. The molecule has 2 rings (SSSR count). The Morgan fingerprint density at radius 3 is 2.73 bits per heavy atom. The number of ether oxygens (including phenoxy) is 2. The van der Waals surface area contributed by atoms with Gasteiger partial charge >= 0.3 is 5.97 Å². The number of pyridine rings is 1. The molecule has 0 saturated heterocycles. The van der Waals surface area contributed by atoms with E-state index in [1.54, 1.807) is 48.7 Å². The van der Waals surface area contributed by atoms with E-state index in [1.807, 2.05) is 12.1 Å². The number of hydrogen-bond donors (Lipinski definition) is 0. The highest BCUT2D eigenvalue weighted by Crippen LogP contribution is 2.13. The average Bonchev–Trinajstić information content (AvgIpc) is 2.58. The van der Waals surface area contributed by atoms with Crippen molar-refractivity contribution in [2.75, 3.05) is 6.61 Å². The van der Waals surface area contributed by atoms with Crippen LogP contribution >= 0.6 is 0 Å². The quantitative estimate of drug-likeness (QED) is 0.605. The van der Waals surface area contributed by atoms with Gasteiger partial charge in [0.2, 0.25) is 0 Å². The molecular weight excluding hydrogens is 280 g/mol. The summed E-state index contributed by atoms with van der Waals surface area (Å²) in [6.45, 7) is 0.153. The van der Waals surface area contributed by atoms with E-state index < -0.39 is 5.97 Å². The van der Waals surface area contributed by atoms with Crippen LogP contribution in [-0.2, 0) is 16.1 Å². The Balaban J connectivity index is 1.83. The SMILES string of the molecule is N#CCOc1ccc(/C=C/C(=O)OCc2ccccn2)cc1. The van der Waals surface area contributed by atoms with Crippen molar-refractivity contribution in [2.45, 2.75) is 6.61 Å². The molecule has 0 atom stereocenters. The first-order valence-corrected chi connectivity index (χ1v) is 6.62. The predicted molar refractivity (Wildman–Crippen MR) is 80.6 cm³/mol. The van der Waals surface area contributed by atoms with Crippen LogP contribution in [0.1, 0.15) is 11.3 Å². The van der Waals surface area contributed by atoms with E-state index >= 15 is 0 Å². The van der Waals surface area contributed by atoms with Crippen molar-refractivity contribution in [3.05, 3.63) is 66.0 Å². The zero-order valence-corrected chi connectivity index (χ0v) is 11.8. The monoisotopic (exact) mass is 294 g/mol. The minimum absolute atomic E-state index is 0.00896. The first-order chi connectivity index (χ1) is 10.8. The Labute approximate surface area is 128 Å². The van der Waals surface area contributed by atoms with Crippen LogP contribution in [0.15, 0.2) is 54.7 Å². The van der Waals surface area contributed by atoms with Gasteiger partial charge < -0.3 is 9.47 Å². The third kappa shape index (κ3) is 5.10. The van der Waals surface area contributed by atoms with Crippen molar-refractivity contribution in [2.24, 2.45) is 0 Å². The standard InChI is InChI=1S/C17H14N2O3/c18-10-12-21-16-7-4-14(5-8-16)6-9-17(20)22-13-15-3-1-2-11-19-15/h1-9,11H,12-13H2/b9-6+. The molecule has 0 saturated carbocycles. The molecule has 0 aliphatic rings. The maximum absolute atomic E-state index is 11.6. The topological polar surface area (TPSA) is 72.2 Å². The van der Waals surface area contributed by atoms with Crippen LogP contribution in [-0.4, -0.2) is 17.6 Å². The lowest BCUT2D eigenvalue weighted by molar-refractivity contribution is -0.139. The molecule has 2 aromatic rings.